The SMILES string of the molecule is COC(=O)[C@H]1CCCN1CCC=C(c1ccccc1)c1ccccc1. The Labute approximate surface area is 149 Å². The molecule has 2 aromatic rings. The molecule has 0 radical (unpaired) electrons. The molecule has 0 saturated carbocycles. The van der Waals surface area contributed by atoms with Crippen LogP contribution in [0.15, 0.2) is 66.7 Å². The van der Waals surface area contributed by atoms with Crippen molar-refractivity contribution in [3.63, 3.8) is 0 Å². The topological polar surface area (TPSA) is 29.5 Å². The minimum Gasteiger partial charge on any atom is -0.468 e. The summed E-state index contributed by atoms with van der Waals surface area (Å²) in [4.78, 5) is 14.1. The normalized spacial score (nSPS) is 17.2. The first-order chi connectivity index (χ1) is 12.3. The van der Waals surface area contributed by atoms with E-state index in [9.17, 15) is 4.79 Å². The predicted molar refractivity (Wildman–Crippen MR) is 101 cm³/mol. The van der Waals surface area contributed by atoms with E-state index in [0.29, 0.717) is 0 Å². The Bertz CT molecular complexity index is 668. The highest BCUT2D eigenvalue weighted by Crippen LogP contribution is 2.24. The average molecular weight is 335 g/mol. The second-order valence-electron chi connectivity index (χ2n) is 6.36. The smallest absolute Gasteiger partial charge is 0.323 e. The fraction of sp³-hybridized carbons (Fsp3) is 0.318. The van der Waals surface area contributed by atoms with Crippen LogP contribution in [0, 0.1) is 0 Å². The van der Waals surface area contributed by atoms with Gasteiger partial charge in [0.2, 0.25) is 0 Å². The van der Waals surface area contributed by atoms with E-state index in [1.807, 2.05) is 12.1 Å². The summed E-state index contributed by atoms with van der Waals surface area (Å²) in [6.45, 7) is 1.85. The standard InChI is InChI=1S/C22H25NO2/c1-25-22(24)21-15-9-17-23(21)16-8-14-20(18-10-4-2-5-11-18)19-12-6-3-7-13-19/h2-7,10-14,21H,8-9,15-17H2,1H3/t21-/m1/s1. The molecule has 3 heteroatoms. The van der Waals surface area contributed by atoms with Crippen molar-refractivity contribution in [2.24, 2.45) is 0 Å². The summed E-state index contributed by atoms with van der Waals surface area (Å²) in [5.41, 5.74) is 3.69. The highest BCUT2D eigenvalue weighted by Gasteiger charge is 2.30. The largest absolute Gasteiger partial charge is 0.468 e. The van der Waals surface area contributed by atoms with Crippen molar-refractivity contribution in [3.8, 4) is 0 Å². The van der Waals surface area contributed by atoms with E-state index in [1.165, 1.54) is 23.8 Å². The minimum absolute atomic E-state index is 0.0738. The number of esters is 1. The fourth-order valence-electron chi connectivity index (χ4n) is 3.51. The van der Waals surface area contributed by atoms with Crippen LogP contribution in [0.3, 0.4) is 0 Å². The first-order valence-electron chi connectivity index (χ1n) is 8.92. The number of nitrogens with zero attached hydrogens (tertiary/aromatic N) is 1. The van der Waals surface area contributed by atoms with E-state index in [2.05, 4.69) is 59.5 Å². The maximum Gasteiger partial charge on any atom is 0.323 e. The lowest BCUT2D eigenvalue weighted by Crippen LogP contribution is -2.37. The number of rotatable bonds is 6. The molecule has 0 aromatic heterocycles. The first kappa shape index (κ1) is 17.4. The molecule has 0 bridgehead atoms. The summed E-state index contributed by atoms with van der Waals surface area (Å²) in [5, 5.41) is 0. The van der Waals surface area contributed by atoms with Gasteiger partial charge >= 0.3 is 5.97 Å². The Morgan fingerprint density at radius 2 is 1.68 bits per heavy atom. The summed E-state index contributed by atoms with van der Waals surface area (Å²) >= 11 is 0. The number of carbonyl (C=O) groups excluding carboxylic acids is 1. The molecular formula is C22H25NO2. The van der Waals surface area contributed by atoms with Crippen molar-refractivity contribution in [2.45, 2.75) is 25.3 Å². The van der Waals surface area contributed by atoms with E-state index >= 15 is 0 Å². The summed E-state index contributed by atoms with van der Waals surface area (Å²) in [6.07, 6.45) is 5.16. The van der Waals surface area contributed by atoms with E-state index in [0.717, 1.165) is 32.4 Å². The molecule has 1 atom stereocenters. The second kappa shape index (κ2) is 8.63. The van der Waals surface area contributed by atoms with Gasteiger partial charge in [-0.2, -0.15) is 0 Å². The van der Waals surface area contributed by atoms with E-state index in [-0.39, 0.29) is 12.0 Å². The third-order valence-corrected chi connectivity index (χ3v) is 4.77. The molecule has 1 aliphatic rings. The lowest BCUT2D eigenvalue weighted by Gasteiger charge is -2.21. The van der Waals surface area contributed by atoms with Crippen LogP contribution in [0.2, 0.25) is 0 Å². The van der Waals surface area contributed by atoms with E-state index < -0.39 is 0 Å². The number of hydrogen-bond acceptors (Lipinski definition) is 3. The summed E-state index contributed by atoms with van der Waals surface area (Å²) < 4.78 is 4.93. The Balaban J connectivity index is 1.75. The predicted octanol–water partition coefficient (Wildman–Crippen LogP) is 4.15. The molecule has 130 valence electrons. The molecule has 1 saturated heterocycles. The molecule has 0 aliphatic carbocycles. The van der Waals surface area contributed by atoms with Crippen LogP contribution in [0.1, 0.15) is 30.4 Å². The van der Waals surface area contributed by atoms with Crippen LogP contribution < -0.4 is 0 Å². The molecule has 3 nitrogen and oxygen atoms in total. The molecule has 2 aromatic carbocycles. The van der Waals surface area contributed by atoms with Crippen LogP contribution in [0.4, 0.5) is 0 Å². The van der Waals surface area contributed by atoms with Crippen molar-refractivity contribution in [1.29, 1.82) is 0 Å². The maximum absolute atomic E-state index is 11.9. The van der Waals surface area contributed by atoms with Crippen molar-refractivity contribution >= 4 is 11.5 Å². The fourth-order valence-corrected chi connectivity index (χ4v) is 3.51. The molecular weight excluding hydrogens is 310 g/mol. The molecule has 1 aliphatic heterocycles. The van der Waals surface area contributed by atoms with Gasteiger partial charge in [-0.25, -0.2) is 0 Å². The molecule has 1 heterocycles. The van der Waals surface area contributed by atoms with Crippen LogP contribution in [0.25, 0.3) is 5.57 Å². The van der Waals surface area contributed by atoms with Crippen molar-refractivity contribution in [3.05, 3.63) is 77.9 Å². The van der Waals surface area contributed by atoms with Gasteiger partial charge in [-0.05, 0) is 42.5 Å². The van der Waals surface area contributed by atoms with Crippen LogP contribution in [-0.4, -0.2) is 37.1 Å². The Morgan fingerprint density at radius 3 is 2.24 bits per heavy atom. The minimum atomic E-state index is -0.104. The number of ether oxygens (including phenoxy) is 1. The summed E-state index contributed by atoms with van der Waals surface area (Å²) in [5.74, 6) is -0.104. The number of benzene rings is 2. The zero-order chi connectivity index (χ0) is 17.5. The van der Waals surface area contributed by atoms with Gasteiger partial charge in [0.25, 0.3) is 0 Å². The Morgan fingerprint density at radius 1 is 1.08 bits per heavy atom. The van der Waals surface area contributed by atoms with Gasteiger partial charge in [-0.15, -0.1) is 0 Å². The van der Waals surface area contributed by atoms with Crippen molar-refractivity contribution < 1.29 is 9.53 Å². The van der Waals surface area contributed by atoms with E-state index in [1.54, 1.807) is 0 Å². The first-order valence-corrected chi connectivity index (χ1v) is 8.92. The van der Waals surface area contributed by atoms with Gasteiger partial charge in [0.15, 0.2) is 0 Å². The lowest BCUT2D eigenvalue weighted by atomic mass is 9.97. The quantitative estimate of drug-likeness (QED) is 0.743. The molecule has 0 unspecified atom stereocenters. The molecule has 0 spiro atoms. The number of carbonyl (C=O) groups is 1. The third kappa shape index (κ3) is 4.37. The molecule has 1 fully saturated rings. The number of methoxy groups -OCH3 is 1. The Kier molecular flexibility index (Phi) is 6.02. The van der Waals surface area contributed by atoms with Gasteiger partial charge < -0.3 is 4.74 Å². The van der Waals surface area contributed by atoms with Gasteiger partial charge in [0.1, 0.15) is 6.04 Å². The highest BCUT2D eigenvalue weighted by atomic mass is 16.5. The number of likely N-dealkylation sites (tertiary alicyclic amines) is 1. The van der Waals surface area contributed by atoms with Crippen LogP contribution in [0.5, 0.6) is 0 Å². The summed E-state index contributed by atoms with van der Waals surface area (Å²) in [6, 6.07) is 20.9. The zero-order valence-electron chi connectivity index (χ0n) is 14.7. The van der Waals surface area contributed by atoms with Crippen molar-refractivity contribution in [1.82, 2.24) is 4.90 Å². The second-order valence-corrected chi connectivity index (χ2v) is 6.36. The molecule has 0 amide bonds. The Hall–Kier alpha value is -2.39. The highest BCUT2D eigenvalue weighted by molar-refractivity contribution is 5.79. The van der Waals surface area contributed by atoms with E-state index in [4.69, 9.17) is 4.74 Å². The molecule has 0 N–H and O–H groups in total. The lowest BCUT2D eigenvalue weighted by molar-refractivity contribution is -0.145. The molecule has 25 heavy (non-hydrogen) atoms. The maximum atomic E-state index is 11.9. The zero-order valence-corrected chi connectivity index (χ0v) is 14.7. The van der Waals surface area contributed by atoms with Gasteiger partial charge in [-0.1, -0.05) is 66.7 Å². The van der Waals surface area contributed by atoms with Gasteiger partial charge in [0.05, 0.1) is 7.11 Å². The molecule has 3 rings (SSSR count). The monoisotopic (exact) mass is 335 g/mol. The number of hydrogen-bond donors (Lipinski definition) is 0. The van der Waals surface area contributed by atoms with Crippen LogP contribution in [-0.2, 0) is 9.53 Å². The summed E-state index contributed by atoms with van der Waals surface area (Å²) in [7, 11) is 1.47. The van der Waals surface area contributed by atoms with Gasteiger partial charge in [0, 0.05) is 6.54 Å². The average Bonchev–Trinajstić information content (AvgIpc) is 3.14. The van der Waals surface area contributed by atoms with Gasteiger partial charge in [-0.3, -0.25) is 9.69 Å². The third-order valence-electron chi connectivity index (χ3n) is 4.77. The van der Waals surface area contributed by atoms with Crippen LogP contribution >= 0.6 is 0 Å². The van der Waals surface area contributed by atoms with Crippen molar-refractivity contribution in [2.75, 3.05) is 20.2 Å².